The number of methoxy groups -OCH3 is 3. The second-order valence-corrected chi connectivity index (χ2v) is 5.55. The van der Waals surface area contributed by atoms with Crippen molar-refractivity contribution in [3.8, 4) is 23.3 Å². The van der Waals surface area contributed by atoms with E-state index in [1.807, 2.05) is 24.3 Å². The quantitative estimate of drug-likeness (QED) is 0.570. The summed E-state index contributed by atoms with van der Waals surface area (Å²) in [5.74, 6) is 1.64. The largest absolute Gasteiger partial charge is 0.496 e. The Morgan fingerprint density at radius 1 is 1.00 bits per heavy atom. The molecule has 0 spiro atoms. The first-order valence-electron chi connectivity index (χ1n) is 6.80. The van der Waals surface area contributed by atoms with Crippen LogP contribution in [0.1, 0.15) is 11.1 Å². The van der Waals surface area contributed by atoms with Crippen LogP contribution in [-0.2, 0) is 0 Å². The van der Waals surface area contributed by atoms with E-state index in [0.29, 0.717) is 28.4 Å². The van der Waals surface area contributed by atoms with Gasteiger partial charge in [-0.2, -0.15) is 5.26 Å². The molecule has 0 amide bonds. The number of hydrogen-bond acceptors (Lipinski definition) is 4. The second-order valence-electron chi connectivity index (χ2n) is 4.63. The van der Waals surface area contributed by atoms with Gasteiger partial charge in [-0.15, -0.1) is 0 Å². The number of benzene rings is 2. The standard InChI is InChI=1S/C18H16BrNO3/c1-21-16-10-18(23-3)17(22-2)9-15(16)13(11-20)7-12-5-4-6-14(19)8-12/h4-10H,1-3H3/b13-7+. The smallest absolute Gasteiger partial charge is 0.164 e. The predicted molar refractivity (Wildman–Crippen MR) is 93.7 cm³/mol. The number of nitrogens with zero attached hydrogens (tertiary/aromatic N) is 1. The lowest BCUT2D eigenvalue weighted by atomic mass is 10.0. The van der Waals surface area contributed by atoms with Crippen molar-refractivity contribution in [1.29, 1.82) is 5.26 Å². The first kappa shape index (κ1) is 16.9. The van der Waals surface area contributed by atoms with Gasteiger partial charge in [0, 0.05) is 16.1 Å². The number of nitriles is 1. The van der Waals surface area contributed by atoms with Crippen LogP contribution in [0.15, 0.2) is 40.9 Å². The first-order valence-corrected chi connectivity index (χ1v) is 7.60. The van der Waals surface area contributed by atoms with Crippen LogP contribution >= 0.6 is 15.9 Å². The van der Waals surface area contributed by atoms with Gasteiger partial charge in [0.2, 0.25) is 0 Å². The van der Waals surface area contributed by atoms with Crippen LogP contribution in [0.3, 0.4) is 0 Å². The summed E-state index contributed by atoms with van der Waals surface area (Å²) in [6.45, 7) is 0. The van der Waals surface area contributed by atoms with Gasteiger partial charge in [0.05, 0.1) is 33.0 Å². The van der Waals surface area contributed by atoms with E-state index in [0.717, 1.165) is 10.0 Å². The Kier molecular flexibility index (Phi) is 5.67. The molecule has 0 aromatic heterocycles. The maximum Gasteiger partial charge on any atom is 0.164 e. The molecule has 0 N–H and O–H groups in total. The van der Waals surface area contributed by atoms with Gasteiger partial charge >= 0.3 is 0 Å². The summed E-state index contributed by atoms with van der Waals surface area (Å²) in [7, 11) is 4.66. The van der Waals surface area contributed by atoms with Crippen molar-refractivity contribution in [2.24, 2.45) is 0 Å². The Morgan fingerprint density at radius 3 is 2.22 bits per heavy atom. The molecule has 0 bridgehead atoms. The maximum atomic E-state index is 9.56. The molecule has 0 atom stereocenters. The van der Waals surface area contributed by atoms with Crippen LogP contribution in [0.4, 0.5) is 0 Å². The minimum Gasteiger partial charge on any atom is -0.496 e. The highest BCUT2D eigenvalue weighted by Crippen LogP contribution is 2.38. The predicted octanol–water partition coefficient (Wildman–Crippen LogP) is 4.54. The fourth-order valence-electron chi connectivity index (χ4n) is 2.17. The van der Waals surface area contributed by atoms with Crippen LogP contribution in [0.2, 0.25) is 0 Å². The van der Waals surface area contributed by atoms with Gasteiger partial charge in [-0.25, -0.2) is 0 Å². The topological polar surface area (TPSA) is 51.5 Å². The lowest BCUT2D eigenvalue weighted by Gasteiger charge is -2.13. The Balaban J connectivity index is 2.59. The Morgan fingerprint density at radius 2 is 1.65 bits per heavy atom. The summed E-state index contributed by atoms with van der Waals surface area (Å²) < 4.78 is 16.9. The highest BCUT2D eigenvalue weighted by atomic mass is 79.9. The Hall–Kier alpha value is -2.45. The van der Waals surface area contributed by atoms with E-state index in [2.05, 4.69) is 22.0 Å². The zero-order chi connectivity index (χ0) is 16.8. The summed E-state index contributed by atoms with van der Waals surface area (Å²) in [5.41, 5.74) is 2.03. The average molecular weight is 374 g/mol. The van der Waals surface area contributed by atoms with Crippen LogP contribution in [0, 0.1) is 11.3 Å². The molecule has 0 aliphatic heterocycles. The molecule has 0 unspecified atom stereocenters. The van der Waals surface area contributed by atoms with Gasteiger partial charge < -0.3 is 14.2 Å². The van der Waals surface area contributed by atoms with Crippen molar-refractivity contribution in [1.82, 2.24) is 0 Å². The van der Waals surface area contributed by atoms with E-state index >= 15 is 0 Å². The lowest BCUT2D eigenvalue weighted by molar-refractivity contribution is 0.348. The molecule has 4 nitrogen and oxygen atoms in total. The van der Waals surface area contributed by atoms with Crippen molar-refractivity contribution >= 4 is 27.6 Å². The molecule has 0 saturated carbocycles. The average Bonchev–Trinajstić information content (AvgIpc) is 2.58. The van der Waals surface area contributed by atoms with Crippen molar-refractivity contribution in [2.45, 2.75) is 0 Å². The van der Waals surface area contributed by atoms with E-state index in [4.69, 9.17) is 14.2 Å². The summed E-state index contributed by atoms with van der Waals surface area (Å²) >= 11 is 3.43. The molecule has 2 aromatic rings. The SMILES string of the molecule is COc1cc(OC)c(/C(C#N)=C/c2cccc(Br)c2)cc1OC. The monoisotopic (exact) mass is 373 g/mol. The van der Waals surface area contributed by atoms with Crippen molar-refractivity contribution < 1.29 is 14.2 Å². The van der Waals surface area contributed by atoms with Gasteiger partial charge in [-0.05, 0) is 29.8 Å². The number of allylic oxidation sites excluding steroid dienone is 1. The Bertz CT molecular complexity index is 778. The molecular weight excluding hydrogens is 358 g/mol. The second kappa shape index (κ2) is 7.70. The highest BCUT2D eigenvalue weighted by Gasteiger charge is 2.15. The molecule has 0 radical (unpaired) electrons. The summed E-state index contributed by atoms with van der Waals surface area (Å²) in [4.78, 5) is 0. The number of ether oxygens (including phenoxy) is 3. The third kappa shape index (κ3) is 3.85. The zero-order valence-corrected chi connectivity index (χ0v) is 14.7. The van der Waals surface area contributed by atoms with E-state index < -0.39 is 0 Å². The van der Waals surface area contributed by atoms with E-state index in [-0.39, 0.29) is 0 Å². The molecule has 0 saturated heterocycles. The molecule has 0 heterocycles. The molecule has 2 aromatic carbocycles. The molecule has 0 fully saturated rings. The molecule has 118 valence electrons. The Labute approximate surface area is 144 Å². The molecule has 0 aliphatic rings. The van der Waals surface area contributed by atoms with Crippen LogP contribution in [0.5, 0.6) is 17.2 Å². The number of rotatable bonds is 5. The van der Waals surface area contributed by atoms with E-state index in [1.54, 1.807) is 39.5 Å². The normalized spacial score (nSPS) is 10.8. The minimum atomic E-state index is 0.473. The van der Waals surface area contributed by atoms with Gasteiger partial charge in [0.1, 0.15) is 5.75 Å². The molecule has 0 aliphatic carbocycles. The third-order valence-electron chi connectivity index (χ3n) is 3.28. The van der Waals surface area contributed by atoms with E-state index in [1.165, 1.54) is 0 Å². The van der Waals surface area contributed by atoms with Gasteiger partial charge in [-0.3, -0.25) is 0 Å². The summed E-state index contributed by atoms with van der Waals surface area (Å²) in [5, 5.41) is 9.56. The van der Waals surface area contributed by atoms with E-state index in [9.17, 15) is 5.26 Å². The first-order chi connectivity index (χ1) is 11.1. The van der Waals surface area contributed by atoms with Crippen LogP contribution < -0.4 is 14.2 Å². The van der Waals surface area contributed by atoms with Gasteiger partial charge in [0.15, 0.2) is 11.5 Å². The lowest BCUT2D eigenvalue weighted by Crippen LogP contribution is -1.96. The minimum absolute atomic E-state index is 0.473. The van der Waals surface area contributed by atoms with Crippen molar-refractivity contribution in [3.63, 3.8) is 0 Å². The van der Waals surface area contributed by atoms with Crippen molar-refractivity contribution in [3.05, 3.63) is 52.0 Å². The third-order valence-corrected chi connectivity index (χ3v) is 3.77. The molecule has 23 heavy (non-hydrogen) atoms. The number of hydrogen-bond donors (Lipinski definition) is 0. The van der Waals surface area contributed by atoms with Crippen molar-refractivity contribution in [2.75, 3.05) is 21.3 Å². The summed E-state index contributed by atoms with van der Waals surface area (Å²) in [6.07, 6.45) is 1.80. The zero-order valence-electron chi connectivity index (χ0n) is 13.1. The fourth-order valence-corrected chi connectivity index (χ4v) is 2.59. The van der Waals surface area contributed by atoms with Crippen LogP contribution in [0.25, 0.3) is 11.6 Å². The van der Waals surface area contributed by atoms with Gasteiger partial charge in [-0.1, -0.05) is 28.1 Å². The fraction of sp³-hybridized carbons (Fsp3) is 0.167. The number of halogens is 1. The summed E-state index contributed by atoms with van der Waals surface area (Å²) in [6, 6.07) is 13.4. The molecular formula is C18H16BrNO3. The molecule has 2 rings (SSSR count). The van der Waals surface area contributed by atoms with Gasteiger partial charge in [0.25, 0.3) is 0 Å². The highest BCUT2D eigenvalue weighted by molar-refractivity contribution is 9.10. The molecule has 5 heteroatoms. The van der Waals surface area contributed by atoms with Crippen LogP contribution in [-0.4, -0.2) is 21.3 Å². The maximum absolute atomic E-state index is 9.56.